The van der Waals surface area contributed by atoms with Crippen LogP contribution in [-0.2, 0) is 26.7 Å². The highest BCUT2D eigenvalue weighted by atomic mass is 35.7. The van der Waals surface area contributed by atoms with Gasteiger partial charge in [-0.15, -0.1) is 0 Å². The Bertz CT molecular complexity index is 568. The molecule has 0 spiro atoms. The van der Waals surface area contributed by atoms with Gasteiger partial charge in [0, 0.05) is 23.6 Å². The van der Waals surface area contributed by atoms with Crippen LogP contribution in [0.1, 0.15) is 18.1 Å². The molecule has 0 saturated carbocycles. The number of amides is 1. The van der Waals surface area contributed by atoms with Crippen molar-refractivity contribution in [2.75, 3.05) is 0 Å². The molecule has 0 aliphatic heterocycles. The first-order valence-corrected chi connectivity index (χ1v) is 7.51. The summed E-state index contributed by atoms with van der Waals surface area (Å²) in [5.41, 5.74) is 2.00. The number of carbonyl (C=O) groups is 1. The van der Waals surface area contributed by atoms with Gasteiger partial charge in [-0.05, 0) is 36.1 Å². The summed E-state index contributed by atoms with van der Waals surface area (Å²) in [5, 5.41) is 2.83. The molecule has 92 valence electrons. The fourth-order valence-corrected chi connectivity index (χ4v) is 2.94. The molecule has 1 aliphatic carbocycles. The van der Waals surface area contributed by atoms with Gasteiger partial charge in [0.2, 0.25) is 5.91 Å². The molecule has 4 nitrogen and oxygen atoms in total. The number of carbonyl (C=O) groups excluding carboxylic acids is 1. The van der Waals surface area contributed by atoms with Crippen LogP contribution >= 0.6 is 10.7 Å². The molecule has 1 amide bonds. The first-order chi connectivity index (χ1) is 7.86. The van der Waals surface area contributed by atoms with Gasteiger partial charge < -0.3 is 5.32 Å². The number of hydrogen-bond donors (Lipinski definition) is 1. The van der Waals surface area contributed by atoms with E-state index in [4.69, 9.17) is 10.7 Å². The minimum absolute atomic E-state index is 0.0516. The van der Waals surface area contributed by atoms with Gasteiger partial charge in [-0.25, -0.2) is 8.42 Å². The summed E-state index contributed by atoms with van der Waals surface area (Å²) in [6.07, 6.45) is 1.38. The van der Waals surface area contributed by atoms with E-state index < -0.39 is 9.05 Å². The first-order valence-electron chi connectivity index (χ1n) is 5.20. The second-order valence-electron chi connectivity index (χ2n) is 4.17. The van der Waals surface area contributed by atoms with E-state index in [1.165, 1.54) is 13.0 Å². The largest absolute Gasteiger partial charge is 0.353 e. The monoisotopic (exact) mass is 273 g/mol. The maximum absolute atomic E-state index is 11.2. The molecule has 0 fully saturated rings. The first kappa shape index (κ1) is 12.4. The van der Waals surface area contributed by atoms with Crippen LogP contribution < -0.4 is 5.32 Å². The Morgan fingerprint density at radius 2 is 2.00 bits per heavy atom. The molecular weight excluding hydrogens is 262 g/mol. The molecule has 1 aliphatic rings. The highest BCUT2D eigenvalue weighted by molar-refractivity contribution is 8.13. The summed E-state index contributed by atoms with van der Waals surface area (Å²) in [6.45, 7) is 1.47. The number of hydrogen-bond acceptors (Lipinski definition) is 3. The van der Waals surface area contributed by atoms with Gasteiger partial charge in [0.15, 0.2) is 0 Å². The fourth-order valence-electron chi connectivity index (χ4n) is 2.14. The molecule has 17 heavy (non-hydrogen) atoms. The predicted octanol–water partition coefficient (Wildman–Crippen LogP) is 1.22. The SMILES string of the molecule is CC(=O)N[C@H]1Cc2ccc(S(=O)(=O)Cl)cc2C1. The van der Waals surface area contributed by atoms with Crippen molar-refractivity contribution in [3.63, 3.8) is 0 Å². The molecule has 2 rings (SSSR count). The fraction of sp³-hybridized carbons (Fsp3) is 0.364. The van der Waals surface area contributed by atoms with Crippen molar-refractivity contribution < 1.29 is 13.2 Å². The highest BCUT2D eigenvalue weighted by Crippen LogP contribution is 2.26. The summed E-state index contributed by atoms with van der Waals surface area (Å²) >= 11 is 0. The minimum Gasteiger partial charge on any atom is -0.353 e. The van der Waals surface area contributed by atoms with E-state index in [1.54, 1.807) is 12.1 Å². The van der Waals surface area contributed by atoms with Crippen LogP contribution in [0.25, 0.3) is 0 Å². The van der Waals surface area contributed by atoms with Crippen molar-refractivity contribution >= 4 is 25.6 Å². The molecule has 0 aromatic heterocycles. The molecule has 0 heterocycles. The van der Waals surface area contributed by atoms with E-state index in [0.717, 1.165) is 17.5 Å². The van der Waals surface area contributed by atoms with Crippen molar-refractivity contribution in [3.05, 3.63) is 29.3 Å². The molecule has 6 heteroatoms. The van der Waals surface area contributed by atoms with Crippen LogP contribution in [0.2, 0.25) is 0 Å². The van der Waals surface area contributed by atoms with E-state index in [9.17, 15) is 13.2 Å². The lowest BCUT2D eigenvalue weighted by Gasteiger charge is -2.08. The van der Waals surface area contributed by atoms with E-state index in [0.29, 0.717) is 6.42 Å². The average molecular weight is 274 g/mol. The zero-order chi connectivity index (χ0) is 12.6. The van der Waals surface area contributed by atoms with E-state index in [2.05, 4.69) is 5.32 Å². The van der Waals surface area contributed by atoms with E-state index in [1.807, 2.05) is 0 Å². The molecule has 0 radical (unpaired) electrons. The molecule has 1 aromatic rings. The van der Waals surface area contributed by atoms with Crippen LogP contribution in [0.4, 0.5) is 0 Å². The molecule has 1 atom stereocenters. The zero-order valence-corrected chi connectivity index (χ0v) is 10.8. The Balaban J connectivity index is 2.25. The van der Waals surface area contributed by atoms with Crippen LogP contribution in [0, 0.1) is 0 Å². The van der Waals surface area contributed by atoms with Crippen LogP contribution in [0.5, 0.6) is 0 Å². The standard InChI is InChI=1S/C11H12ClNO3S/c1-7(14)13-10-4-8-2-3-11(17(12,15)16)6-9(8)5-10/h2-3,6,10H,4-5H2,1H3,(H,13,14)/t10-/m0/s1. The highest BCUT2D eigenvalue weighted by Gasteiger charge is 2.23. The smallest absolute Gasteiger partial charge is 0.261 e. The normalized spacial score (nSPS) is 18.8. The summed E-state index contributed by atoms with van der Waals surface area (Å²) < 4.78 is 22.4. The Kier molecular flexibility index (Phi) is 3.14. The zero-order valence-electron chi connectivity index (χ0n) is 9.23. The van der Waals surface area contributed by atoms with Crippen LogP contribution in [0.3, 0.4) is 0 Å². The lowest BCUT2D eigenvalue weighted by atomic mass is 10.1. The molecule has 1 N–H and O–H groups in total. The van der Waals surface area contributed by atoms with Gasteiger partial charge >= 0.3 is 0 Å². The number of nitrogens with one attached hydrogen (secondary N) is 1. The molecule has 0 bridgehead atoms. The second kappa shape index (κ2) is 4.31. The van der Waals surface area contributed by atoms with Crippen molar-refractivity contribution in [1.82, 2.24) is 5.32 Å². The van der Waals surface area contributed by atoms with Crippen molar-refractivity contribution in [3.8, 4) is 0 Å². The maximum Gasteiger partial charge on any atom is 0.261 e. The van der Waals surface area contributed by atoms with E-state index in [-0.39, 0.29) is 16.8 Å². The molecular formula is C11H12ClNO3S. The minimum atomic E-state index is -3.68. The van der Waals surface area contributed by atoms with Gasteiger partial charge in [-0.1, -0.05) is 6.07 Å². The van der Waals surface area contributed by atoms with Gasteiger partial charge in [0.25, 0.3) is 9.05 Å². The third kappa shape index (κ3) is 2.79. The molecule has 0 unspecified atom stereocenters. The quantitative estimate of drug-likeness (QED) is 0.824. The summed E-state index contributed by atoms with van der Waals surface area (Å²) in [4.78, 5) is 11.1. The van der Waals surface area contributed by atoms with E-state index >= 15 is 0 Å². The number of fused-ring (bicyclic) bond motifs is 1. The Morgan fingerprint density at radius 3 is 2.59 bits per heavy atom. The third-order valence-electron chi connectivity index (χ3n) is 2.80. The summed E-state index contributed by atoms with van der Waals surface area (Å²) in [5.74, 6) is -0.0759. The lowest BCUT2D eigenvalue weighted by molar-refractivity contribution is -0.119. The lowest BCUT2D eigenvalue weighted by Crippen LogP contribution is -2.33. The average Bonchev–Trinajstić information content (AvgIpc) is 2.55. The molecule has 1 aromatic carbocycles. The molecule has 0 saturated heterocycles. The van der Waals surface area contributed by atoms with Gasteiger partial charge in [-0.3, -0.25) is 4.79 Å². The summed E-state index contributed by atoms with van der Waals surface area (Å²) in [7, 11) is 1.60. The number of halogens is 1. The van der Waals surface area contributed by atoms with Crippen LogP contribution in [-0.4, -0.2) is 20.4 Å². The maximum atomic E-state index is 11.2. The summed E-state index contributed by atoms with van der Waals surface area (Å²) in [6, 6.07) is 4.89. The van der Waals surface area contributed by atoms with Gasteiger partial charge in [-0.2, -0.15) is 0 Å². The predicted molar refractivity (Wildman–Crippen MR) is 64.5 cm³/mol. The Labute approximate surface area is 104 Å². The third-order valence-corrected chi connectivity index (χ3v) is 4.15. The number of rotatable bonds is 2. The van der Waals surface area contributed by atoms with Crippen molar-refractivity contribution in [1.29, 1.82) is 0 Å². The van der Waals surface area contributed by atoms with Crippen molar-refractivity contribution in [2.24, 2.45) is 0 Å². The Hall–Kier alpha value is -1.07. The Morgan fingerprint density at radius 1 is 1.35 bits per heavy atom. The van der Waals surface area contributed by atoms with Crippen molar-refractivity contribution in [2.45, 2.75) is 30.7 Å². The van der Waals surface area contributed by atoms with Crippen LogP contribution in [0.15, 0.2) is 23.1 Å². The van der Waals surface area contributed by atoms with Gasteiger partial charge in [0.1, 0.15) is 0 Å². The topological polar surface area (TPSA) is 63.2 Å². The number of benzene rings is 1. The second-order valence-corrected chi connectivity index (χ2v) is 6.74. The van der Waals surface area contributed by atoms with Gasteiger partial charge in [0.05, 0.1) is 4.90 Å².